The van der Waals surface area contributed by atoms with Gasteiger partial charge in [0.15, 0.2) is 0 Å². The molecule has 0 radical (unpaired) electrons. The Morgan fingerprint density at radius 3 is 2.37 bits per heavy atom. The highest BCUT2D eigenvalue weighted by Gasteiger charge is 2.20. The molecule has 0 spiro atoms. The van der Waals surface area contributed by atoms with Gasteiger partial charge >= 0.3 is 0 Å². The van der Waals surface area contributed by atoms with E-state index in [1.807, 2.05) is 64.1 Å². The van der Waals surface area contributed by atoms with E-state index in [2.05, 4.69) is 10.3 Å². The normalized spacial score (nSPS) is 11.9. The van der Waals surface area contributed by atoms with E-state index in [9.17, 15) is 14.4 Å². The van der Waals surface area contributed by atoms with Gasteiger partial charge in [-0.05, 0) is 57.4 Å². The van der Waals surface area contributed by atoms with Crippen LogP contribution < -0.4 is 16.4 Å². The zero-order valence-corrected chi connectivity index (χ0v) is 18.0. The number of carbonyl (C=O) groups excluding carboxylic acids is 1. The van der Waals surface area contributed by atoms with E-state index >= 15 is 0 Å². The van der Waals surface area contributed by atoms with Crippen LogP contribution in [0.25, 0.3) is 0 Å². The fraction of sp³-hybridized carbons (Fsp3) is 0.292. The van der Waals surface area contributed by atoms with Crippen molar-refractivity contribution in [1.82, 2.24) is 14.9 Å². The Balaban J connectivity index is 1.90. The van der Waals surface area contributed by atoms with Crippen LogP contribution in [0.5, 0.6) is 0 Å². The summed E-state index contributed by atoms with van der Waals surface area (Å²) >= 11 is 0. The summed E-state index contributed by atoms with van der Waals surface area (Å²) in [5.74, 6) is -0.360. The van der Waals surface area contributed by atoms with E-state index in [-0.39, 0.29) is 29.6 Å². The number of hydrogen-bond acceptors (Lipinski definition) is 3. The lowest BCUT2D eigenvalue weighted by Crippen LogP contribution is -2.33. The van der Waals surface area contributed by atoms with Crippen LogP contribution in [0.3, 0.4) is 0 Å². The van der Waals surface area contributed by atoms with E-state index < -0.39 is 0 Å². The molecule has 2 N–H and O–H groups in total. The van der Waals surface area contributed by atoms with Crippen molar-refractivity contribution in [3.63, 3.8) is 0 Å². The molecule has 1 aromatic carbocycles. The quantitative estimate of drug-likeness (QED) is 0.683. The molecule has 30 heavy (non-hydrogen) atoms. The van der Waals surface area contributed by atoms with E-state index in [0.717, 1.165) is 16.8 Å². The van der Waals surface area contributed by atoms with Gasteiger partial charge in [-0.1, -0.05) is 30.3 Å². The maximum atomic E-state index is 13.0. The third-order valence-electron chi connectivity index (χ3n) is 5.50. The van der Waals surface area contributed by atoms with E-state index in [1.54, 1.807) is 17.7 Å². The Bertz CT molecular complexity index is 1210. The molecular weight excluding hydrogens is 378 g/mol. The average molecular weight is 405 g/mol. The molecule has 156 valence electrons. The summed E-state index contributed by atoms with van der Waals surface area (Å²) in [6, 6.07) is 11.5. The van der Waals surface area contributed by atoms with Crippen LogP contribution in [-0.4, -0.2) is 15.5 Å². The van der Waals surface area contributed by atoms with Gasteiger partial charge < -0.3 is 14.9 Å². The van der Waals surface area contributed by atoms with Crippen LogP contribution in [-0.2, 0) is 6.54 Å². The Hall–Kier alpha value is -3.41. The number of hydrogen-bond donors (Lipinski definition) is 2. The summed E-state index contributed by atoms with van der Waals surface area (Å²) in [7, 11) is 0. The molecule has 0 unspecified atom stereocenters. The molecule has 0 aliphatic carbocycles. The fourth-order valence-corrected chi connectivity index (χ4v) is 3.82. The SMILES string of the molecule is Cc1cc(C)c(CNC(=O)c2c(C)cn([C@H](C)c3ccccc3)c(=O)c2C)c(=O)[nH]1. The Labute approximate surface area is 175 Å². The van der Waals surface area contributed by atoms with Crippen molar-refractivity contribution in [2.75, 3.05) is 0 Å². The van der Waals surface area contributed by atoms with Gasteiger partial charge in [0, 0.05) is 29.6 Å². The van der Waals surface area contributed by atoms with Crippen molar-refractivity contribution < 1.29 is 4.79 Å². The van der Waals surface area contributed by atoms with Crippen LogP contribution in [0.15, 0.2) is 52.2 Å². The second-order valence-electron chi connectivity index (χ2n) is 7.74. The second-order valence-corrected chi connectivity index (χ2v) is 7.74. The van der Waals surface area contributed by atoms with Crippen LogP contribution in [0, 0.1) is 27.7 Å². The molecule has 0 aliphatic rings. The number of rotatable bonds is 5. The Morgan fingerprint density at radius 1 is 1.07 bits per heavy atom. The van der Waals surface area contributed by atoms with Crippen LogP contribution in [0.2, 0.25) is 0 Å². The van der Waals surface area contributed by atoms with Gasteiger partial charge in [-0.15, -0.1) is 0 Å². The molecule has 3 rings (SSSR count). The first kappa shape index (κ1) is 21.3. The first-order valence-electron chi connectivity index (χ1n) is 9.95. The molecule has 6 nitrogen and oxygen atoms in total. The van der Waals surface area contributed by atoms with Crippen molar-refractivity contribution in [3.8, 4) is 0 Å². The minimum atomic E-state index is -0.360. The number of benzene rings is 1. The highest BCUT2D eigenvalue weighted by Crippen LogP contribution is 2.19. The lowest BCUT2D eigenvalue weighted by atomic mass is 10.0. The summed E-state index contributed by atoms with van der Waals surface area (Å²) in [4.78, 5) is 40.8. The average Bonchev–Trinajstić information content (AvgIpc) is 2.70. The van der Waals surface area contributed by atoms with Crippen molar-refractivity contribution in [1.29, 1.82) is 0 Å². The second kappa shape index (κ2) is 8.53. The summed E-state index contributed by atoms with van der Waals surface area (Å²) in [5.41, 5.74) is 4.16. The number of H-pyrrole nitrogens is 1. The molecule has 0 saturated heterocycles. The molecule has 0 saturated carbocycles. The summed E-state index contributed by atoms with van der Waals surface area (Å²) in [5, 5.41) is 2.80. The highest BCUT2D eigenvalue weighted by molar-refractivity contribution is 5.96. The maximum absolute atomic E-state index is 13.0. The van der Waals surface area contributed by atoms with E-state index in [1.165, 1.54) is 0 Å². The number of aromatic amines is 1. The molecule has 3 aromatic rings. The van der Waals surface area contributed by atoms with Crippen molar-refractivity contribution in [2.45, 2.75) is 47.2 Å². The maximum Gasteiger partial charge on any atom is 0.254 e. The van der Waals surface area contributed by atoms with Crippen LogP contribution in [0.1, 0.15) is 56.8 Å². The smallest absolute Gasteiger partial charge is 0.254 e. The first-order chi connectivity index (χ1) is 14.2. The van der Waals surface area contributed by atoms with Crippen molar-refractivity contribution in [2.24, 2.45) is 0 Å². The summed E-state index contributed by atoms with van der Waals surface area (Å²) in [6.07, 6.45) is 1.73. The lowest BCUT2D eigenvalue weighted by molar-refractivity contribution is 0.0949. The fourth-order valence-electron chi connectivity index (χ4n) is 3.82. The van der Waals surface area contributed by atoms with E-state index in [0.29, 0.717) is 22.3 Å². The van der Waals surface area contributed by atoms with Gasteiger partial charge in [0.1, 0.15) is 0 Å². The number of amides is 1. The third-order valence-corrected chi connectivity index (χ3v) is 5.50. The zero-order valence-electron chi connectivity index (χ0n) is 18.0. The van der Waals surface area contributed by atoms with E-state index in [4.69, 9.17) is 0 Å². The molecule has 1 amide bonds. The molecule has 0 bridgehead atoms. The third kappa shape index (κ3) is 4.13. The molecule has 1 atom stereocenters. The monoisotopic (exact) mass is 405 g/mol. The van der Waals surface area contributed by atoms with Crippen LogP contribution in [0.4, 0.5) is 0 Å². The van der Waals surface area contributed by atoms with Gasteiger partial charge in [-0.25, -0.2) is 0 Å². The molecule has 0 aliphatic heterocycles. The number of nitrogens with one attached hydrogen (secondary N) is 2. The largest absolute Gasteiger partial charge is 0.348 e. The standard InChI is InChI=1S/C24H27N3O3/c1-14-11-16(3)26-22(28)20(14)12-25-23(29)21-15(2)13-27(24(30)17(21)4)18(5)19-9-7-6-8-10-19/h6-11,13,18H,12H2,1-5H3,(H,25,29)(H,26,28)/t18-/m1/s1. The van der Waals surface area contributed by atoms with Gasteiger partial charge in [0.05, 0.1) is 11.6 Å². The molecular formula is C24H27N3O3. The van der Waals surface area contributed by atoms with Gasteiger partial charge in [-0.3, -0.25) is 14.4 Å². The number of aryl methyl sites for hydroxylation is 3. The van der Waals surface area contributed by atoms with Crippen molar-refractivity contribution >= 4 is 5.91 Å². The summed E-state index contributed by atoms with van der Waals surface area (Å²) < 4.78 is 1.66. The van der Waals surface area contributed by atoms with Crippen LogP contribution >= 0.6 is 0 Å². The molecule has 2 aromatic heterocycles. The minimum Gasteiger partial charge on any atom is -0.348 e. The molecule has 6 heteroatoms. The molecule has 0 fully saturated rings. The Morgan fingerprint density at radius 2 is 1.73 bits per heavy atom. The van der Waals surface area contributed by atoms with Gasteiger partial charge in [0.2, 0.25) is 0 Å². The number of aromatic nitrogens is 2. The predicted molar refractivity (Wildman–Crippen MR) is 118 cm³/mol. The zero-order chi connectivity index (χ0) is 22.0. The minimum absolute atomic E-state index is 0.0999. The number of nitrogens with zero attached hydrogens (tertiary/aromatic N) is 1. The Kier molecular flexibility index (Phi) is 6.06. The number of carbonyl (C=O) groups is 1. The van der Waals surface area contributed by atoms with Gasteiger partial charge in [0.25, 0.3) is 17.0 Å². The predicted octanol–water partition coefficient (Wildman–Crippen LogP) is 3.31. The molecule has 2 heterocycles. The highest BCUT2D eigenvalue weighted by atomic mass is 16.2. The lowest BCUT2D eigenvalue weighted by Gasteiger charge is -2.19. The van der Waals surface area contributed by atoms with Crippen molar-refractivity contribution in [3.05, 3.63) is 102 Å². The number of pyridine rings is 2. The topological polar surface area (TPSA) is 84.0 Å². The van der Waals surface area contributed by atoms with Gasteiger partial charge in [-0.2, -0.15) is 0 Å². The summed E-state index contributed by atoms with van der Waals surface area (Å²) in [6.45, 7) is 9.20. The first-order valence-corrected chi connectivity index (χ1v) is 9.95.